The van der Waals surface area contributed by atoms with Gasteiger partial charge in [-0.25, -0.2) is 14.4 Å². The van der Waals surface area contributed by atoms with Gasteiger partial charge in [0.2, 0.25) is 0 Å². The van der Waals surface area contributed by atoms with Crippen LogP contribution in [0.3, 0.4) is 0 Å². The van der Waals surface area contributed by atoms with E-state index in [0.29, 0.717) is 53.5 Å². The van der Waals surface area contributed by atoms with Gasteiger partial charge >= 0.3 is 0 Å². The van der Waals surface area contributed by atoms with Gasteiger partial charge < -0.3 is 25.2 Å². The van der Waals surface area contributed by atoms with Crippen molar-refractivity contribution in [1.29, 1.82) is 0 Å². The van der Waals surface area contributed by atoms with Crippen LogP contribution in [0, 0.1) is 12.7 Å². The third-order valence-electron chi connectivity index (χ3n) is 5.17. The quantitative estimate of drug-likeness (QED) is 0.332. The molecule has 3 N–H and O–H groups in total. The number of rotatable bonds is 9. The molecule has 172 valence electrons. The Balaban J connectivity index is 1.50. The van der Waals surface area contributed by atoms with Gasteiger partial charge in [0.25, 0.3) is 0 Å². The van der Waals surface area contributed by atoms with E-state index in [4.69, 9.17) is 9.47 Å². The van der Waals surface area contributed by atoms with Crippen molar-refractivity contribution < 1.29 is 19.0 Å². The van der Waals surface area contributed by atoms with Gasteiger partial charge in [-0.05, 0) is 25.1 Å². The molecular formula is C23H25FN6O3. The molecule has 0 aliphatic rings. The molecule has 0 unspecified atom stereocenters. The van der Waals surface area contributed by atoms with Crippen molar-refractivity contribution in [2.45, 2.75) is 13.5 Å². The number of methoxy groups -OCH3 is 1. The Morgan fingerprint density at radius 3 is 2.79 bits per heavy atom. The number of benzene rings is 2. The van der Waals surface area contributed by atoms with Gasteiger partial charge in [-0.1, -0.05) is 0 Å². The van der Waals surface area contributed by atoms with Crippen molar-refractivity contribution >= 4 is 22.4 Å². The van der Waals surface area contributed by atoms with Crippen molar-refractivity contribution in [2.75, 3.05) is 25.6 Å². The van der Waals surface area contributed by atoms with E-state index < -0.39 is 5.82 Å². The monoisotopic (exact) mass is 452 g/mol. The fraction of sp³-hybridized carbons (Fsp3) is 0.261. The minimum atomic E-state index is -0.497. The molecule has 0 amide bonds. The zero-order valence-corrected chi connectivity index (χ0v) is 18.6. The van der Waals surface area contributed by atoms with E-state index in [1.54, 1.807) is 30.8 Å². The smallest absolute Gasteiger partial charge is 0.163 e. The molecule has 33 heavy (non-hydrogen) atoms. The number of hydrogen-bond donors (Lipinski definition) is 3. The summed E-state index contributed by atoms with van der Waals surface area (Å²) >= 11 is 0. The zero-order valence-electron chi connectivity index (χ0n) is 18.6. The third-order valence-corrected chi connectivity index (χ3v) is 5.17. The van der Waals surface area contributed by atoms with E-state index in [9.17, 15) is 9.50 Å². The van der Waals surface area contributed by atoms with E-state index in [1.807, 2.05) is 19.4 Å². The first-order chi connectivity index (χ1) is 16.0. The molecule has 2 aromatic carbocycles. The average molecular weight is 452 g/mol. The summed E-state index contributed by atoms with van der Waals surface area (Å²) in [6, 6.07) is 6.01. The number of aromatic nitrogens is 4. The maximum absolute atomic E-state index is 14.4. The van der Waals surface area contributed by atoms with Crippen LogP contribution in [0.1, 0.15) is 11.1 Å². The maximum Gasteiger partial charge on any atom is 0.163 e. The number of phenols is 1. The van der Waals surface area contributed by atoms with Crippen molar-refractivity contribution in [3.8, 4) is 17.2 Å². The topological polar surface area (TPSA) is 106 Å². The molecule has 4 rings (SSSR count). The van der Waals surface area contributed by atoms with Gasteiger partial charge in [0, 0.05) is 48.9 Å². The molecular weight excluding hydrogens is 427 g/mol. The van der Waals surface area contributed by atoms with Crippen LogP contribution in [0.4, 0.5) is 15.9 Å². The van der Waals surface area contributed by atoms with E-state index in [2.05, 4.69) is 25.7 Å². The van der Waals surface area contributed by atoms with Crippen molar-refractivity contribution in [1.82, 2.24) is 25.1 Å². The van der Waals surface area contributed by atoms with E-state index in [-0.39, 0.29) is 11.4 Å². The largest absolute Gasteiger partial charge is 0.508 e. The lowest BCUT2D eigenvalue weighted by Crippen LogP contribution is -2.20. The molecule has 0 radical (unpaired) electrons. The summed E-state index contributed by atoms with van der Waals surface area (Å²) in [7, 11) is 3.43. The number of aryl methyl sites for hydroxylation is 1. The molecule has 0 fully saturated rings. The molecule has 2 heterocycles. The molecule has 2 aromatic heterocycles. The first-order valence-corrected chi connectivity index (χ1v) is 10.3. The van der Waals surface area contributed by atoms with Crippen LogP contribution in [0.15, 0.2) is 43.0 Å². The summed E-state index contributed by atoms with van der Waals surface area (Å²) in [5.74, 6) is 0.916. The molecule has 0 saturated carbocycles. The average Bonchev–Trinajstić information content (AvgIpc) is 3.23. The second-order valence-corrected chi connectivity index (χ2v) is 7.48. The van der Waals surface area contributed by atoms with Gasteiger partial charge in [-0.2, -0.15) is 5.10 Å². The maximum atomic E-state index is 14.4. The first kappa shape index (κ1) is 22.3. The molecule has 0 aliphatic heterocycles. The van der Waals surface area contributed by atoms with E-state index in [0.717, 1.165) is 5.56 Å². The number of ether oxygens (including phenoxy) is 2. The number of phenolic OH excluding ortho intramolecular Hbond substituents is 1. The lowest BCUT2D eigenvalue weighted by Gasteiger charge is -2.15. The Morgan fingerprint density at radius 1 is 1.18 bits per heavy atom. The SMILES string of the molecule is COc1cc2c(Nc3c(F)ccc(O)c3C)ncnc2cc1OCCNCc1cnn(C)c1. The molecule has 9 nitrogen and oxygen atoms in total. The standard InChI is InChI=1S/C23H25FN6O3/c1-14-19(31)5-4-17(24)22(14)29-23-16-8-20(32-3)21(9-18(16)26-13-27-23)33-7-6-25-10-15-11-28-30(2)12-15/h4-5,8-9,11-13,25,31H,6-7,10H2,1-3H3,(H,26,27,29). The molecule has 0 saturated heterocycles. The highest BCUT2D eigenvalue weighted by atomic mass is 19.1. The number of nitrogens with zero attached hydrogens (tertiary/aromatic N) is 4. The van der Waals surface area contributed by atoms with E-state index >= 15 is 0 Å². The van der Waals surface area contributed by atoms with Crippen molar-refractivity contribution in [3.05, 3.63) is 59.9 Å². The number of hydrogen-bond acceptors (Lipinski definition) is 8. The van der Waals surface area contributed by atoms with Crippen molar-refractivity contribution in [2.24, 2.45) is 7.05 Å². The van der Waals surface area contributed by atoms with Gasteiger partial charge in [0.1, 0.15) is 30.3 Å². The van der Waals surface area contributed by atoms with Crippen molar-refractivity contribution in [3.63, 3.8) is 0 Å². The number of fused-ring (bicyclic) bond motifs is 1. The summed E-state index contributed by atoms with van der Waals surface area (Å²) in [5.41, 5.74) is 2.22. The molecule has 10 heteroatoms. The van der Waals surface area contributed by atoms with Gasteiger partial charge in [0.05, 0.1) is 24.5 Å². The molecule has 4 aromatic rings. The molecule has 0 atom stereocenters. The predicted octanol–water partition coefficient (Wildman–Crippen LogP) is 3.44. The first-order valence-electron chi connectivity index (χ1n) is 10.3. The predicted molar refractivity (Wildman–Crippen MR) is 123 cm³/mol. The number of aromatic hydroxyl groups is 1. The lowest BCUT2D eigenvalue weighted by atomic mass is 10.1. The summed E-state index contributed by atoms with van der Waals surface area (Å²) in [5, 5.41) is 21.0. The number of halogens is 1. The Labute approximate surface area is 190 Å². The Morgan fingerprint density at radius 2 is 2.03 bits per heavy atom. The summed E-state index contributed by atoms with van der Waals surface area (Å²) in [6.45, 7) is 3.37. The highest BCUT2D eigenvalue weighted by Crippen LogP contribution is 2.36. The van der Waals surface area contributed by atoms with Crippen LogP contribution >= 0.6 is 0 Å². The highest BCUT2D eigenvalue weighted by Gasteiger charge is 2.15. The summed E-state index contributed by atoms with van der Waals surface area (Å²) in [4.78, 5) is 8.57. The third kappa shape index (κ3) is 4.96. The van der Waals surface area contributed by atoms with Crippen LogP contribution in [0.2, 0.25) is 0 Å². The van der Waals surface area contributed by atoms with Crippen LogP contribution in [-0.2, 0) is 13.6 Å². The van der Waals surface area contributed by atoms with Gasteiger partial charge in [-0.3, -0.25) is 4.68 Å². The molecule has 0 bridgehead atoms. The minimum Gasteiger partial charge on any atom is -0.508 e. The summed E-state index contributed by atoms with van der Waals surface area (Å²) < 4.78 is 27.5. The highest BCUT2D eigenvalue weighted by molar-refractivity contribution is 5.93. The molecule has 0 aliphatic carbocycles. The fourth-order valence-corrected chi connectivity index (χ4v) is 3.40. The Kier molecular flexibility index (Phi) is 6.55. The van der Waals surface area contributed by atoms with Crippen LogP contribution < -0.4 is 20.1 Å². The second-order valence-electron chi connectivity index (χ2n) is 7.48. The van der Waals surface area contributed by atoms with E-state index in [1.165, 1.54) is 18.5 Å². The fourth-order valence-electron chi connectivity index (χ4n) is 3.40. The Hall–Kier alpha value is -3.92. The Bertz CT molecular complexity index is 1280. The van der Waals surface area contributed by atoms with Gasteiger partial charge in [0.15, 0.2) is 11.5 Å². The summed E-state index contributed by atoms with van der Waals surface area (Å²) in [6.07, 6.45) is 5.15. The number of anilines is 2. The van der Waals surface area contributed by atoms with Crippen LogP contribution in [0.5, 0.6) is 17.2 Å². The zero-order chi connectivity index (χ0) is 23.4. The second kappa shape index (κ2) is 9.70. The normalized spacial score (nSPS) is 11.0. The molecule has 0 spiro atoms. The van der Waals surface area contributed by atoms with Crippen LogP contribution in [0.25, 0.3) is 10.9 Å². The number of nitrogens with one attached hydrogen (secondary N) is 2. The minimum absolute atomic E-state index is 0.0114. The lowest BCUT2D eigenvalue weighted by molar-refractivity contribution is 0.292. The van der Waals surface area contributed by atoms with Gasteiger partial charge in [-0.15, -0.1) is 0 Å². The van der Waals surface area contributed by atoms with Crippen LogP contribution in [-0.4, -0.2) is 45.1 Å².